The molecule has 35 heavy (non-hydrogen) atoms. The van der Waals surface area contributed by atoms with E-state index in [0.717, 1.165) is 5.56 Å². The molecule has 9 heteroatoms. The van der Waals surface area contributed by atoms with Crippen LogP contribution in [0, 0.1) is 11.3 Å². The van der Waals surface area contributed by atoms with E-state index in [1.807, 2.05) is 30.3 Å². The number of hydrogen-bond donors (Lipinski definition) is 4. The van der Waals surface area contributed by atoms with Crippen LogP contribution < -0.4 is 16.6 Å². The van der Waals surface area contributed by atoms with Crippen LogP contribution in [0.5, 0.6) is 0 Å². The lowest BCUT2D eigenvalue weighted by molar-refractivity contribution is -0.142. The van der Waals surface area contributed by atoms with Crippen molar-refractivity contribution in [1.82, 2.24) is 15.1 Å². The van der Waals surface area contributed by atoms with Gasteiger partial charge in [-0.25, -0.2) is 4.68 Å². The number of aromatic nitrogens is 2. The Morgan fingerprint density at radius 2 is 1.71 bits per heavy atom. The van der Waals surface area contributed by atoms with Crippen molar-refractivity contribution in [3.63, 3.8) is 0 Å². The molecule has 4 rings (SSSR count). The zero-order valence-electron chi connectivity index (χ0n) is 19.1. The normalized spacial score (nSPS) is 17.5. The molecule has 0 radical (unpaired) electrons. The average molecular weight is 474 g/mol. The van der Waals surface area contributed by atoms with Crippen LogP contribution in [0.1, 0.15) is 47.2 Å². The Morgan fingerprint density at radius 1 is 1.06 bits per heavy atom. The van der Waals surface area contributed by atoms with Gasteiger partial charge in [0.2, 0.25) is 0 Å². The van der Waals surface area contributed by atoms with E-state index in [4.69, 9.17) is 11.1 Å². The fourth-order valence-corrected chi connectivity index (χ4v) is 4.28. The number of carbonyl (C=O) groups is 2. The van der Waals surface area contributed by atoms with Gasteiger partial charge in [-0.3, -0.25) is 19.8 Å². The second-order valence-electron chi connectivity index (χ2n) is 8.74. The SMILES string of the molecule is N=C(N)c1ccc(-c2cc(C(=O)N[C@H]3CC[C@H](C(=O)O)CC3)c(=O)n(Cc3ccccc3)n2)cc1. The molecule has 1 amide bonds. The molecule has 1 aromatic heterocycles. The molecule has 9 nitrogen and oxygen atoms in total. The highest BCUT2D eigenvalue weighted by Crippen LogP contribution is 2.25. The molecular weight excluding hydrogens is 446 g/mol. The molecular formula is C26H27N5O4. The monoisotopic (exact) mass is 473 g/mol. The molecule has 0 aliphatic heterocycles. The fourth-order valence-electron chi connectivity index (χ4n) is 4.28. The standard InChI is InChI=1S/C26H27N5O4/c27-23(28)18-8-6-17(7-9-18)22-14-21(24(32)29-20-12-10-19(11-13-20)26(34)35)25(33)31(30-22)15-16-4-2-1-3-5-16/h1-9,14,19-20H,10-13,15H2,(H3,27,28)(H,29,32)(H,34,35)/t19-,20-. The molecule has 1 fully saturated rings. The van der Waals surface area contributed by atoms with Gasteiger partial charge in [0.25, 0.3) is 11.5 Å². The van der Waals surface area contributed by atoms with Crippen LogP contribution >= 0.6 is 0 Å². The van der Waals surface area contributed by atoms with E-state index in [1.54, 1.807) is 24.3 Å². The van der Waals surface area contributed by atoms with Crippen molar-refractivity contribution >= 4 is 17.7 Å². The molecule has 180 valence electrons. The van der Waals surface area contributed by atoms with Gasteiger partial charge in [-0.05, 0) is 37.3 Å². The quantitative estimate of drug-likeness (QED) is 0.306. The first kappa shape index (κ1) is 23.9. The van der Waals surface area contributed by atoms with Gasteiger partial charge in [-0.15, -0.1) is 0 Å². The summed E-state index contributed by atoms with van der Waals surface area (Å²) < 4.78 is 1.28. The number of aliphatic carboxylic acids is 1. The smallest absolute Gasteiger partial charge is 0.306 e. The second-order valence-corrected chi connectivity index (χ2v) is 8.74. The minimum Gasteiger partial charge on any atom is -0.481 e. The number of amidine groups is 1. The third-order valence-electron chi connectivity index (χ3n) is 6.30. The first-order valence-electron chi connectivity index (χ1n) is 11.5. The van der Waals surface area contributed by atoms with Crippen molar-refractivity contribution in [1.29, 1.82) is 5.41 Å². The summed E-state index contributed by atoms with van der Waals surface area (Å²) in [6.07, 6.45) is 2.07. The number of nitrogens with two attached hydrogens (primary N) is 1. The maximum Gasteiger partial charge on any atom is 0.306 e. The predicted molar refractivity (Wildman–Crippen MR) is 131 cm³/mol. The molecule has 0 saturated heterocycles. The van der Waals surface area contributed by atoms with Gasteiger partial charge in [-0.2, -0.15) is 5.10 Å². The van der Waals surface area contributed by atoms with E-state index in [2.05, 4.69) is 10.4 Å². The zero-order chi connectivity index (χ0) is 24.9. The highest BCUT2D eigenvalue weighted by molar-refractivity contribution is 5.96. The number of rotatable bonds is 7. The molecule has 1 heterocycles. The summed E-state index contributed by atoms with van der Waals surface area (Å²) in [5.74, 6) is -1.76. The average Bonchev–Trinajstić information content (AvgIpc) is 2.86. The van der Waals surface area contributed by atoms with E-state index in [0.29, 0.717) is 42.5 Å². The topological polar surface area (TPSA) is 151 Å². The Labute approximate surface area is 202 Å². The van der Waals surface area contributed by atoms with Gasteiger partial charge in [0, 0.05) is 17.2 Å². The zero-order valence-corrected chi connectivity index (χ0v) is 19.1. The summed E-state index contributed by atoms with van der Waals surface area (Å²) in [5, 5.41) is 24.2. The van der Waals surface area contributed by atoms with Crippen LogP contribution in [0.4, 0.5) is 0 Å². The largest absolute Gasteiger partial charge is 0.481 e. The predicted octanol–water partition coefficient (Wildman–Crippen LogP) is 2.62. The summed E-state index contributed by atoms with van der Waals surface area (Å²) in [6.45, 7) is 0.197. The number of hydrogen-bond acceptors (Lipinski definition) is 5. The number of carbonyl (C=O) groups excluding carboxylic acids is 1. The lowest BCUT2D eigenvalue weighted by Gasteiger charge is -2.26. The van der Waals surface area contributed by atoms with Gasteiger partial charge in [0.1, 0.15) is 11.4 Å². The minimum absolute atomic E-state index is 0.0260. The summed E-state index contributed by atoms with van der Waals surface area (Å²) >= 11 is 0. The van der Waals surface area contributed by atoms with Crippen molar-refractivity contribution in [2.45, 2.75) is 38.3 Å². The number of amides is 1. The molecule has 2 aromatic carbocycles. The summed E-state index contributed by atoms with van der Waals surface area (Å²) in [5.41, 5.74) is 7.55. The summed E-state index contributed by atoms with van der Waals surface area (Å²) in [6, 6.07) is 17.5. The Balaban J connectivity index is 1.65. The van der Waals surface area contributed by atoms with Gasteiger partial charge in [0.15, 0.2) is 0 Å². The molecule has 0 bridgehead atoms. The molecule has 1 aliphatic rings. The summed E-state index contributed by atoms with van der Waals surface area (Å²) in [7, 11) is 0. The number of nitrogens with one attached hydrogen (secondary N) is 2. The summed E-state index contributed by atoms with van der Waals surface area (Å²) in [4.78, 5) is 37.6. The van der Waals surface area contributed by atoms with Gasteiger partial charge in [-0.1, -0.05) is 54.6 Å². The Bertz CT molecular complexity index is 1290. The van der Waals surface area contributed by atoms with E-state index in [-0.39, 0.29) is 24.0 Å². The molecule has 1 saturated carbocycles. The lowest BCUT2D eigenvalue weighted by atomic mass is 9.86. The van der Waals surface area contributed by atoms with Crippen molar-refractivity contribution in [2.75, 3.05) is 0 Å². The molecule has 0 spiro atoms. The number of carboxylic acid groups (broad SMARTS) is 1. The lowest BCUT2D eigenvalue weighted by Crippen LogP contribution is -2.42. The van der Waals surface area contributed by atoms with Crippen molar-refractivity contribution in [3.8, 4) is 11.3 Å². The first-order chi connectivity index (χ1) is 16.8. The van der Waals surface area contributed by atoms with Crippen molar-refractivity contribution < 1.29 is 14.7 Å². The van der Waals surface area contributed by atoms with Crippen LogP contribution in [0.2, 0.25) is 0 Å². The van der Waals surface area contributed by atoms with Crippen LogP contribution in [0.3, 0.4) is 0 Å². The number of benzene rings is 2. The number of nitrogen functional groups attached to an aromatic ring is 1. The van der Waals surface area contributed by atoms with Crippen LogP contribution in [0.15, 0.2) is 65.5 Å². The number of nitrogens with zero attached hydrogens (tertiary/aromatic N) is 2. The van der Waals surface area contributed by atoms with E-state index in [1.165, 1.54) is 10.7 Å². The molecule has 0 unspecified atom stereocenters. The minimum atomic E-state index is -0.812. The Kier molecular flexibility index (Phi) is 7.05. The number of carboxylic acids is 1. The fraction of sp³-hybridized carbons (Fsp3) is 0.269. The third-order valence-corrected chi connectivity index (χ3v) is 6.30. The molecule has 5 N–H and O–H groups in total. The Morgan fingerprint density at radius 3 is 2.31 bits per heavy atom. The maximum absolute atomic E-state index is 13.2. The first-order valence-corrected chi connectivity index (χ1v) is 11.5. The van der Waals surface area contributed by atoms with Gasteiger partial charge >= 0.3 is 5.97 Å². The highest BCUT2D eigenvalue weighted by Gasteiger charge is 2.28. The second kappa shape index (κ2) is 10.3. The van der Waals surface area contributed by atoms with Crippen molar-refractivity contribution in [2.24, 2.45) is 11.7 Å². The van der Waals surface area contributed by atoms with E-state index < -0.39 is 23.4 Å². The van der Waals surface area contributed by atoms with Crippen LogP contribution in [-0.4, -0.2) is 38.6 Å². The molecule has 1 aliphatic carbocycles. The van der Waals surface area contributed by atoms with E-state index in [9.17, 15) is 19.5 Å². The molecule has 3 aromatic rings. The van der Waals surface area contributed by atoms with Crippen molar-refractivity contribution in [3.05, 3.63) is 87.7 Å². The Hall–Kier alpha value is -4.27. The van der Waals surface area contributed by atoms with E-state index >= 15 is 0 Å². The maximum atomic E-state index is 13.2. The van der Waals surface area contributed by atoms with Crippen LogP contribution in [0.25, 0.3) is 11.3 Å². The van der Waals surface area contributed by atoms with Gasteiger partial charge in [0.05, 0.1) is 18.2 Å². The van der Waals surface area contributed by atoms with Crippen LogP contribution in [-0.2, 0) is 11.3 Å². The van der Waals surface area contributed by atoms with Gasteiger partial charge < -0.3 is 16.2 Å². The molecule has 0 atom stereocenters. The third kappa shape index (κ3) is 5.63. The highest BCUT2D eigenvalue weighted by atomic mass is 16.4.